The molecule has 1 rings (SSSR count). The summed E-state index contributed by atoms with van der Waals surface area (Å²) in [6.45, 7) is 5.15. The van der Waals surface area contributed by atoms with Crippen molar-refractivity contribution in [2.45, 2.75) is 33.2 Å². The summed E-state index contributed by atoms with van der Waals surface area (Å²) in [6, 6.07) is 0. The molecule has 114 valence electrons. The van der Waals surface area contributed by atoms with E-state index in [0.717, 1.165) is 18.6 Å². The molecule has 0 aromatic carbocycles. The van der Waals surface area contributed by atoms with Gasteiger partial charge in [-0.3, -0.25) is 14.3 Å². The van der Waals surface area contributed by atoms with Crippen LogP contribution in [-0.4, -0.2) is 28.1 Å². The topological polar surface area (TPSA) is 92.9 Å². The third-order valence-corrected chi connectivity index (χ3v) is 3.56. The SMILES string of the molecule is CSCCCCNc1c(N)n(CC(C)C)c(=O)[nH]c1=O. The summed E-state index contributed by atoms with van der Waals surface area (Å²) in [5, 5.41) is 3.04. The van der Waals surface area contributed by atoms with Crippen LogP contribution in [0.2, 0.25) is 0 Å². The summed E-state index contributed by atoms with van der Waals surface area (Å²) in [7, 11) is 0. The van der Waals surface area contributed by atoms with Crippen LogP contribution < -0.4 is 22.3 Å². The molecule has 20 heavy (non-hydrogen) atoms. The zero-order chi connectivity index (χ0) is 15.1. The van der Waals surface area contributed by atoms with E-state index in [4.69, 9.17) is 5.73 Å². The zero-order valence-electron chi connectivity index (χ0n) is 12.4. The molecule has 0 unspecified atom stereocenters. The second-order valence-corrected chi connectivity index (χ2v) is 6.14. The highest BCUT2D eigenvalue weighted by Gasteiger charge is 2.12. The van der Waals surface area contributed by atoms with Crippen LogP contribution in [0.25, 0.3) is 0 Å². The van der Waals surface area contributed by atoms with Crippen LogP contribution >= 0.6 is 11.8 Å². The van der Waals surface area contributed by atoms with Crippen molar-refractivity contribution in [1.82, 2.24) is 9.55 Å². The Morgan fingerprint density at radius 2 is 2.05 bits per heavy atom. The Morgan fingerprint density at radius 3 is 2.65 bits per heavy atom. The summed E-state index contributed by atoms with van der Waals surface area (Å²) in [6.07, 6.45) is 4.11. The van der Waals surface area contributed by atoms with Crippen LogP contribution in [0.5, 0.6) is 0 Å². The van der Waals surface area contributed by atoms with Crippen molar-refractivity contribution in [3.8, 4) is 0 Å². The minimum absolute atomic E-state index is 0.220. The van der Waals surface area contributed by atoms with Gasteiger partial charge in [-0.05, 0) is 30.8 Å². The molecular weight excluding hydrogens is 276 g/mol. The number of thioether (sulfide) groups is 1. The van der Waals surface area contributed by atoms with Gasteiger partial charge in [0.15, 0.2) is 0 Å². The molecule has 0 bridgehead atoms. The van der Waals surface area contributed by atoms with E-state index in [1.165, 1.54) is 4.57 Å². The second-order valence-electron chi connectivity index (χ2n) is 5.15. The predicted molar refractivity (Wildman–Crippen MR) is 86.7 cm³/mol. The van der Waals surface area contributed by atoms with Crippen LogP contribution in [0.3, 0.4) is 0 Å². The minimum atomic E-state index is -0.450. The van der Waals surface area contributed by atoms with Crippen LogP contribution in [-0.2, 0) is 6.54 Å². The second kappa shape index (κ2) is 8.04. The lowest BCUT2D eigenvalue weighted by Crippen LogP contribution is -2.35. The Kier molecular flexibility index (Phi) is 6.70. The highest BCUT2D eigenvalue weighted by molar-refractivity contribution is 7.98. The quantitative estimate of drug-likeness (QED) is 0.630. The fourth-order valence-electron chi connectivity index (χ4n) is 1.89. The van der Waals surface area contributed by atoms with Crippen molar-refractivity contribution in [3.63, 3.8) is 0 Å². The fourth-order valence-corrected chi connectivity index (χ4v) is 2.38. The van der Waals surface area contributed by atoms with Gasteiger partial charge in [0.05, 0.1) is 0 Å². The van der Waals surface area contributed by atoms with Crippen molar-refractivity contribution in [2.24, 2.45) is 5.92 Å². The highest BCUT2D eigenvalue weighted by atomic mass is 32.2. The molecule has 1 aromatic rings. The Labute approximate surface area is 123 Å². The normalized spacial score (nSPS) is 11.0. The number of rotatable bonds is 8. The third-order valence-electron chi connectivity index (χ3n) is 2.86. The van der Waals surface area contributed by atoms with Gasteiger partial charge in [-0.15, -0.1) is 0 Å². The van der Waals surface area contributed by atoms with E-state index in [2.05, 4.69) is 16.6 Å². The molecule has 0 atom stereocenters. The molecule has 0 amide bonds. The lowest BCUT2D eigenvalue weighted by molar-refractivity contribution is 0.508. The predicted octanol–water partition coefficient (Wildman–Crippen LogP) is 1.33. The van der Waals surface area contributed by atoms with Gasteiger partial charge in [0.2, 0.25) is 0 Å². The van der Waals surface area contributed by atoms with Gasteiger partial charge in [0, 0.05) is 13.1 Å². The maximum absolute atomic E-state index is 11.8. The maximum atomic E-state index is 11.8. The van der Waals surface area contributed by atoms with Crippen molar-refractivity contribution < 1.29 is 0 Å². The molecule has 0 spiro atoms. The van der Waals surface area contributed by atoms with Crippen molar-refractivity contribution >= 4 is 23.3 Å². The number of nitrogens with one attached hydrogen (secondary N) is 2. The summed E-state index contributed by atoms with van der Waals surface area (Å²) < 4.78 is 1.41. The number of aromatic amines is 1. The molecule has 1 heterocycles. The van der Waals surface area contributed by atoms with Gasteiger partial charge in [-0.2, -0.15) is 11.8 Å². The van der Waals surface area contributed by atoms with Gasteiger partial charge in [-0.1, -0.05) is 13.8 Å². The smallest absolute Gasteiger partial charge is 0.330 e. The molecule has 0 saturated carbocycles. The molecule has 0 radical (unpaired) electrons. The number of nitrogens with two attached hydrogens (primary N) is 1. The molecule has 7 heteroatoms. The molecule has 0 fully saturated rings. The average Bonchev–Trinajstić information content (AvgIpc) is 2.37. The van der Waals surface area contributed by atoms with Gasteiger partial charge in [-0.25, -0.2) is 4.79 Å². The summed E-state index contributed by atoms with van der Waals surface area (Å²) in [5.41, 5.74) is 5.35. The van der Waals surface area contributed by atoms with E-state index in [0.29, 0.717) is 18.8 Å². The lowest BCUT2D eigenvalue weighted by Gasteiger charge is -2.15. The minimum Gasteiger partial charge on any atom is -0.383 e. The van der Waals surface area contributed by atoms with E-state index in [1.807, 2.05) is 13.8 Å². The van der Waals surface area contributed by atoms with Crippen LogP contribution in [0.4, 0.5) is 11.5 Å². The van der Waals surface area contributed by atoms with Gasteiger partial charge >= 0.3 is 5.69 Å². The highest BCUT2D eigenvalue weighted by Crippen LogP contribution is 2.12. The average molecular weight is 300 g/mol. The van der Waals surface area contributed by atoms with Gasteiger partial charge in [0.1, 0.15) is 11.5 Å². The van der Waals surface area contributed by atoms with E-state index >= 15 is 0 Å². The largest absolute Gasteiger partial charge is 0.383 e. The molecule has 0 saturated heterocycles. The lowest BCUT2D eigenvalue weighted by atomic mass is 10.2. The summed E-state index contributed by atoms with van der Waals surface area (Å²) in [4.78, 5) is 25.9. The molecule has 0 aliphatic heterocycles. The van der Waals surface area contributed by atoms with E-state index in [1.54, 1.807) is 11.8 Å². The van der Waals surface area contributed by atoms with E-state index < -0.39 is 11.2 Å². The first kappa shape index (κ1) is 16.7. The van der Waals surface area contributed by atoms with Crippen LogP contribution in [0, 0.1) is 5.92 Å². The first-order chi connectivity index (χ1) is 9.47. The third kappa shape index (κ3) is 4.63. The number of nitrogen functional groups attached to an aromatic ring is 1. The molecule has 4 N–H and O–H groups in total. The molecule has 1 aromatic heterocycles. The molecule has 6 nitrogen and oxygen atoms in total. The maximum Gasteiger partial charge on any atom is 0.330 e. The fraction of sp³-hybridized carbons (Fsp3) is 0.692. The Bertz CT molecular complexity index is 536. The number of aromatic nitrogens is 2. The van der Waals surface area contributed by atoms with E-state index in [9.17, 15) is 9.59 Å². The van der Waals surface area contributed by atoms with Gasteiger partial charge < -0.3 is 11.1 Å². The van der Waals surface area contributed by atoms with E-state index in [-0.39, 0.29) is 11.7 Å². The number of H-pyrrole nitrogens is 1. The standard InChI is InChI=1S/C13H24N4O2S/c1-9(2)8-17-11(14)10(12(18)16-13(17)19)15-6-4-5-7-20-3/h9,15H,4-8,14H2,1-3H3,(H,16,18,19). The number of hydrogen-bond donors (Lipinski definition) is 3. The Hall–Kier alpha value is -1.37. The number of unbranched alkanes of at least 4 members (excludes halogenated alkanes) is 1. The van der Waals surface area contributed by atoms with Crippen LogP contribution in [0.1, 0.15) is 26.7 Å². The number of anilines is 2. The first-order valence-electron chi connectivity index (χ1n) is 6.82. The monoisotopic (exact) mass is 300 g/mol. The summed E-state index contributed by atoms with van der Waals surface area (Å²) >= 11 is 1.80. The van der Waals surface area contributed by atoms with Crippen LogP contribution in [0.15, 0.2) is 9.59 Å². The number of nitrogens with zero attached hydrogens (tertiary/aromatic N) is 1. The molecule has 0 aliphatic carbocycles. The van der Waals surface area contributed by atoms with Gasteiger partial charge in [0.25, 0.3) is 5.56 Å². The van der Waals surface area contributed by atoms with Crippen molar-refractivity contribution in [1.29, 1.82) is 0 Å². The van der Waals surface area contributed by atoms with Crippen molar-refractivity contribution in [2.75, 3.05) is 29.6 Å². The summed E-state index contributed by atoms with van der Waals surface area (Å²) in [5.74, 6) is 1.59. The Balaban J connectivity index is 2.85. The van der Waals surface area contributed by atoms with Crippen molar-refractivity contribution in [3.05, 3.63) is 20.8 Å². The number of hydrogen-bond acceptors (Lipinski definition) is 5. The Morgan fingerprint density at radius 1 is 1.35 bits per heavy atom. The zero-order valence-corrected chi connectivity index (χ0v) is 13.2. The molecule has 0 aliphatic rings. The first-order valence-corrected chi connectivity index (χ1v) is 8.22. The molecular formula is C13H24N4O2S.